The standard InChI is InChI=1S/C20H19BrClN5/c21-16-12-25-20(26-15-5-6-18-14(11-15)8-9-23-18)27-19(16)24-10-7-13-3-1-2-4-17(13)22/h1-6,11-12,23H,7-10H2,(H2,24,25,26,27). The number of hydrogen-bond acceptors (Lipinski definition) is 5. The summed E-state index contributed by atoms with van der Waals surface area (Å²) in [4.78, 5) is 8.95. The Labute approximate surface area is 171 Å². The maximum absolute atomic E-state index is 6.22. The number of anilines is 4. The van der Waals surface area contributed by atoms with E-state index >= 15 is 0 Å². The molecule has 0 amide bonds. The third-order valence-electron chi connectivity index (χ3n) is 4.46. The van der Waals surface area contributed by atoms with Crippen LogP contribution in [-0.2, 0) is 12.8 Å². The van der Waals surface area contributed by atoms with E-state index in [0.29, 0.717) is 5.95 Å². The first-order chi connectivity index (χ1) is 13.2. The van der Waals surface area contributed by atoms with Gasteiger partial charge in [-0.25, -0.2) is 4.98 Å². The monoisotopic (exact) mass is 443 g/mol. The van der Waals surface area contributed by atoms with Gasteiger partial charge in [-0.1, -0.05) is 29.8 Å². The average molecular weight is 445 g/mol. The maximum atomic E-state index is 6.22. The van der Waals surface area contributed by atoms with E-state index in [1.54, 1.807) is 6.20 Å². The predicted octanol–water partition coefficient (Wildman–Crippen LogP) is 5.26. The molecule has 0 radical (unpaired) electrons. The van der Waals surface area contributed by atoms with Gasteiger partial charge in [0.2, 0.25) is 5.95 Å². The molecule has 3 aromatic rings. The molecule has 3 N–H and O–H groups in total. The predicted molar refractivity (Wildman–Crippen MR) is 115 cm³/mol. The second-order valence-corrected chi connectivity index (χ2v) is 7.59. The zero-order valence-electron chi connectivity index (χ0n) is 14.6. The van der Waals surface area contributed by atoms with Crippen molar-refractivity contribution in [2.24, 2.45) is 0 Å². The highest BCUT2D eigenvalue weighted by Gasteiger charge is 2.11. The van der Waals surface area contributed by atoms with Crippen LogP contribution in [0.25, 0.3) is 0 Å². The van der Waals surface area contributed by atoms with E-state index in [1.807, 2.05) is 30.3 Å². The molecule has 0 aliphatic carbocycles. The Balaban J connectivity index is 1.42. The molecule has 138 valence electrons. The quantitative estimate of drug-likeness (QED) is 0.484. The SMILES string of the molecule is Clc1ccccc1CCNc1nc(Nc2ccc3c(c2)CCN3)ncc1Br. The van der Waals surface area contributed by atoms with E-state index in [-0.39, 0.29) is 0 Å². The summed E-state index contributed by atoms with van der Waals surface area (Å²) in [6.45, 7) is 1.72. The second-order valence-electron chi connectivity index (χ2n) is 6.33. The van der Waals surface area contributed by atoms with Crippen molar-refractivity contribution in [1.29, 1.82) is 0 Å². The Morgan fingerprint density at radius 1 is 1.19 bits per heavy atom. The molecular formula is C20H19BrClN5. The van der Waals surface area contributed by atoms with Crippen molar-refractivity contribution in [1.82, 2.24) is 9.97 Å². The molecule has 27 heavy (non-hydrogen) atoms. The summed E-state index contributed by atoms with van der Waals surface area (Å²) < 4.78 is 0.824. The largest absolute Gasteiger partial charge is 0.384 e. The van der Waals surface area contributed by atoms with E-state index in [0.717, 1.165) is 52.5 Å². The Kier molecular flexibility index (Phi) is 5.45. The van der Waals surface area contributed by atoms with E-state index in [1.165, 1.54) is 11.3 Å². The summed E-state index contributed by atoms with van der Waals surface area (Å²) in [6, 6.07) is 14.1. The zero-order chi connectivity index (χ0) is 18.6. The average Bonchev–Trinajstić information content (AvgIpc) is 3.13. The maximum Gasteiger partial charge on any atom is 0.229 e. The van der Waals surface area contributed by atoms with Crippen LogP contribution in [0.2, 0.25) is 5.02 Å². The van der Waals surface area contributed by atoms with Crippen molar-refractivity contribution >= 4 is 50.7 Å². The van der Waals surface area contributed by atoms with Gasteiger partial charge in [0.1, 0.15) is 5.82 Å². The van der Waals surface area contributed by atoms with Gasteiger partial charge < -0.3 is 16.0 Å². The van der Waals surface area contributed by atoms with E-state index < -0.39 is 0 Å². The topological polar surface area (TPSA) is 61.9 Å². The van der Waals surface area contributed by atoms with Crippen LogP contribution < -0.4 is 16.0 Å². The smallest absolute Gasteiger partial charge is 0.229 e. The van der Waals surface area contributed by atoms with Crippen molar-refractivity contribution in [3.8, 4) is 0 Å². The Hall–Kier alpha value is -2.31. The number of hydrogen-bond donors (Lipinski definition) is 3. The van der Waals surface area contributed by atoms with Crippen LogP contribution in [0.5, 0.6) is 0 Å². The lowest BCUT2D eigenvalue weighted by Gasteiger charge is -2.11. The molecule has 0 bridgehead atoms. The summed E-state index contributed by atoms with van der Waals surface area (Å²) in [5, 5.41) is 10.8. The molecule has 0 saturated heterocycles. The molecule has 0 atom stereocenters. The van der Waals surface area contributed by atoms with E-state index in [4.69, 9.17) is 11.6 Å². The van der Waals surface area contributed by atoms with Crippen LogP contribution in [0, 0.1) is 0 Å². The molecule has 0 spiro atoms. The highest BCUT2D eigenvalue weighted by molar-refractivity contribution is 9.10. The van der Waals surface area contributed by atoms with Gasteiger partial charge in [0.25, 0.3) is 0 Å². The molecule has 0 unspecified atom stereocenters. The number of nitrogens with zero attached hydrogens (tertiary/aromatic N) is 2. The Bertz CT molecular complexity index is 963. The van der Waals surface area contributed by atoms with Crippen molar-refractivity contribution in [2.45, 2.75) is 12.8 Å². The van der Waals surface area contributed by atoms with Gasteiger partial charge >= 0.3 is 0 Å². The molecule has 2 heterocycles. The molecule has 7 heteroatoms. The van der Waals surface area contributed by atoms with Crippen LogP contribution in [-0.4, -0.2) is 23.1 Å². The molecule has 5 nitrogen and oxygen atoms in total. The fourth-order valence-corrected chi connectivity index (χ4v) is 3.64. The lowest BCUT2D eigenvalue weighted by molar-refractivity contribution is 0.997. The van der Waals surface area contributed by atoms with Crippen molar-refractivity contribution in [3.63, 3.8) is 0 Å². The van der Waals surface area contributed by atoms with Crippen LogP contribution in [0.15, 0.2) is 53.1 Å². The first-order valence-electron chi connectivity index (χ1n) is 8.83. The highest BCUT2D eigenvalue weighted by atomic mass is 79.9. The normalized spacial score (nSPS) is 12.4. The van der Waals surface area contributed by atoms with Crippen LogP contribution in [0.3, 0.4) is 0 Å². The molecule has 1 aromatic heterocycles. The highest BCUT2D eigenvalue weighted by Crippen LogP contribution is 2.27. The number of fused-ring (bicyclic) bond motifs is 1. The summed E-state index contributed by atoms with van der Waals surface area (Å²) in [5.41, 5.74) is 4.62. The second kappa shape index (κ2) is 8.15. The van der Waals surface area contributed by atoms with Crippen LogP contribution in [0.4, 0.5) is 23.1 Å². The summed E-state index contributed by atoms with van der Waals surface area (Å²) in [7, 11) is 0. The van der Waals surface area contributed by atoms with E-state index in [2.05, 4.69) is 54.0 Å². The minimum Gasteiger partial charge on any atom is -0.384 e. The number of nitrogens with one attached hydrogen (secondary N) is 3. The van der Waals surface area contributed by atoms with Crippen molar-refractivity contribution in [2.75, 3.05) is 29.0 Å². The summed E-state index contributed by atoms with van der Waals surface area (Å²) >= 11 is 9.72. The number of benzene rings is 2. The number of aromatic nitrogens is 2. The third-order valence-corrected chi connectivity index (χ3v) is 5.41. The van der Waals surface area contributed by atoms with Crippen molar-refractivity contribution in [3.05, 3.63) is 69.3 Å². The zero-order valence-corrected chi connectivity index (χ0v) is 16.9. The first-order valence-corrected chi connectivity index (χ1v) is 10.00. The lowest BCUT2D eigenvalue weighted by Crippen LogP contribution is -2.09. The minimum atomic E-state index is 0.560. The number of halogens is 2. The van der Waals surface area contributed by atoms with E-state index in [9.17, 15) is 0 Å². The lowest BCUT2D eigenvalue weighted by atomic mass is 10.1. The molecule has 1 aliphatic heterocycles. The third kappa shape index (κ3) is 4.34. The van der Waals surface area contributed by atoms with Gasteiger partial charge in [-0.15, -0.1) is 0 Å². The molecular weight excluding hydrogens is 426 g/mol. The Morgan fingerprint density at radius 3 is 2.96 bits per heavy atom. The van der Waals surface area contributed by atoms with Gasteiger partial charge in [0.15, 0.2) is 0 Å². The molecule has 0 saturated carbocycles. The van der Waals surface area contributed by atoms with Crippen molar-refractivity contribution < 1.29 is 0 Å². The van der Waals surface area contributed by atoms with Crippen LogP contribution in [0.1, 0.15) is 11.1 Å². The minimum absolute atomic E-state index is 0.560. The number of rotatable bonds is 6. The van der Waals surface area contributed by atoms with Gasteiger partial charge in [-0.2, -0.15) is 4.98 Å². The molecule has 4 rings (SSSR count). The summed E-state index contributed by atoms with van der Waals surface area (Å²) in [6.07, 6.45) is 3.61. The van der Waals surface area contributed by atoms with Crippen LogP contribution >= 0.6 is 27.5 Å². The fourth-order valence-electron chi connectivity index (χ4n) is 3.08. The fraction of sp³-hybridized carbons (Fsp3) is 0.200. The molecule has 1 aliphatic rings. The van der Waals surface area contributed by atoms with Gasteiger partial charge in [0.05, 0.1) is 4.47 Å². The first kappa shape index (κ1) is 18.1. The summed E-state index contributed by atoms with van der Waals surface area (Å²) in [5.74, 6) is 1.31. The molecule has 0 fully saturated rings. The molecule has 2 aromatic carbocycles. The van der Waals surface area contributed by atoms with Gasteiger partial charge in [-0.3, -0.25) is 0 Å². The van der Waals surface area contributed by atoms with Gasteiger partial charge in [0, 0.05) is 35.7 Å². The Morgan fingerprint density at radius 2 is 2.07 bits per heavy atom. The van der Waals surface area contributed by atoms with Gasteiger partial charge in [-0.05, 0) is 64.2 Å².